The van der Waals surface area contributed by atoms with Crippen LogP contribution in [-0.2, 0) is 17.6 Å². The summed E-state index contributed by atoms with van der Waals surface area (Å²) in [5.41, 5.74) is 2.38. The molecule has 0 radical (unpaired) electrons. The first-order chi connectivity index (χ1) is 17.1. The number of benzene rings is 1. The first-order valence-electron chi connectivity index (χ1n) is 12.4. The molecule has 0 unspecified atom stereocenters. The lowest BCUT2D eigenvalue weighted by Gasteiger charge is -2.34. The molecule has 36 heavy (non-hydrogen) atoms. The van der Waals surface area contributed by atoms with Crippen molar-refractivity contribution in [3.63, 3.8) is 0 Å². The number of alkyl halides is 1. The molecule has 0 atom stereocenters. The number of nitrogens with one attached hydrogen (secondary N) is 2. The molecule has 9 heteroatoms. The smallest absolute Gasteiger partial charge is 0.278 e. The number of nitrogens with zero attached hydrogens (tertiary/aromatic N) is 5. The highest BCUT2D eigenvalue weighted by molar-refractivity contribution is 5.77. The number of aromatic nitrogens is 5. The molecule has 1 saturated carbocycles. The van der Waals surface area contributed by atoms with E-state index in [-0.39, 0.29) is 17.1 Å². The summed E-state index contributed by atoms with van der Waals surface area (Å²) in [6.45, 7) is 8.24. The topological polar surface area (TPSA) is 89.7 Å². The van der Waals surface area contributed by atoms with E-state index in [4.69, 9.17) is 4.98 Å². The third-order valence-electron chi connectivity index (χ3n) is 7.07. The zero-order chi connectivity index (χ0) is 25.2. The minimum Gasteiger partial charge on any atom is -0.324 e. The van der Waals surface area contributed by atoms with Crippen molar-refractivity contribution in [2.75, 3.05) is 11.9 Å². The SMILES string of the molecule is CC(C)(F)c1cccc(-n2c3nc(Nc4ccc5c(c4)CCNC5(C)C)ncc3c(=O)n2C2CC2)n1. The minimum atomic E-state index is -1.61. The van der Waals surface area contributed by atoms with Gasteiger partial charge in [-0.25, -0.2) is 23.7 Å². The number of rotatable bonds is 5. The Morgan fingerprint density at radius 1 is 1.17 bits per heavy atom. The summed E-state index contributed by atoms with van der Waals surface area (Å²) in [6, 6.07) is 11.6. The van der Waals surface area contributed by atoms with Gasteiger partial charge in [-0.2, -0.15) is 4.98 Å². The summed E-state index contributed by atoms with van der Waals surface area (Å²) in [6.07, 6.45) is 4.33. The Morgan fingerprint density at radius 3 is 2.72 bits per heavy atom. The Bertz CT molecular complexity index is 1540. The number of hydrogen-bond acceptors (Lipinski definition) is 6. The summed E-state index contributed by atoms with van der Waals surface area (Å²) in [4.78, 5) is 27.1. The number of hydrogen-bond donors (Lipinski definition) is 2. The van der Waals surface area contributed by atoms with E-state index in [9.17, 15) is 9.18 Å². The van der Waals surface area contributed by atoms with Gasteiger partial charge in [0.2, 0.25) is 5.95 Å². The first kappa shape index (κ1) is 22.8. The van der Waals surface area contributed by atoms with E-state index in [0.717, 1.165) is 31.5 Å². The zero-order valence-electron chi connectivity index (χ0n) is 21.0. The van der Waals surface area contributed by atoms with Crippen LogP contribution in [0.5, 0.6) is 0 Å². The predicted molar refractivity (Wildman–Crippen MR) is 138 cm³/mol. The van der Waals surface area contributed by atoms with Crippen LogP contribution >= 0.6 is 0 Å². The predicted octanol–water partition coefficient (Wildman–Crippen LogP) is 4.64. The molecule has 4 aromatic rings. The second-order valence-corrected chi connectivity index (χ2v) is 10.8. The molecule has 1 aliphatic heterocycles. The monoisotopic (exact) mass is 487 g/mol. The van der Waals surface area contributed by atoms with Gasteiger partial charge in [0, 0.05) is 17.4 Å². The molecule has 0 bridgehead atoms. The third kappa shape index (κ3) is 3.87. The summed E-state index contributed by atoms with van der Waals surface area (Å²) >= 11 is 0. The number of pyridine rings is 1. The summed E-state index contributed by atoms with van der Waals surface area (Å²) in [5.74, 6) is 0.852. The van der Waals surface area contributed by atoms with Crippen molar-refractivity contribution >= 4 is 22.7 Å². The van der Waals surface area contributed by atoms with Gasteiger partial charge in [-0.1, -0.05) is 12.1 Å². The van der Waals surface area contributed by atoms with E-state index in [1.807, 2.05) is 6.07 Å². The van der Waals surface area contributed by atoms with Crippen LogP contribution in [0.15, 0.2) is 47.4 Å². The van der Waals surface area contributed by atoms with Crippen LogP contribution < -0.4 is 16.2 Å². The van der Waals surface area contributed by atoms with Gasteiger partial charge in [-0.15, -0.1) is 0 Å². The molecule has 2 N–H and O–H groups in total. The van der Waals surface area contributed by atoms with Crippen molar-refractivity contribution < 1.29 is 4.39 Å². The lowest BCUT2D eigenvalue weighted by Crippen LogP contribution is -2.42. The molecule has 2 aliphatic rings. The van der Waals surface area contributed by atoms with Gasteiger partial charge in [-0.3, -0.25) is 4.79 Å². The average Bonchev–Trinajstić information content (AvgIpc) is 3.62. The van der Waals surface area contributed by atoms with E-state index in [1.165, 1.54) is 25.0 Å². The average molecular weight is 488 g/mol. The van der Waals surface area contributed by atoms with Crippen molar-refractivity contribution in [1.82, 2.24) is 29.6 Å². The first-order valence-corrected chi connectivity index (χ1v) is 12.4. The number of halogens is 1. The normalized spacial score (nSPS) is 17.2. The molecule has 8 nitrogen and oxygen atoms in total. The van der Waals surface area contributed by atoms with Crippen molar-refractivity contribution in [3.05, 3.63) is 69.8 Å². The Kier molecular flexibility index (Phi) is 5.05. The lowest BCUT2D eigenvalue weighted by molar-refractivity contribution is 0.214. The van der Waals surface area contributed by atoms with Crippen molar-refractivity contribution in [2.24, 2.45) is 0 Å². The molecule has 0 amide bonds. The van der Waals surface area contributed by atoms with Crippen LogP contribution in [0.25, 0.3) is 16.9 Å². The van der Waals surface area contributed by atoms with E-state index in [1.54, 1.807) is 33.8 Å². The quantitative estimate of drug-likeness (QED) is 0.426. The van der Waals surface area contributed by atoms with E-state index >= 15 is 0 Å². The molecule has 0 saturated heterocycles. The highest BCUT2D eigenvalue weighted by Crippen LogP contribution is 2.36. The Hall–Kier alpha value is -3.59. The van der Waals surface area contributed by atoms with Crippen LogP contribution in [0.4, 0.5) is 16.0 Å². The van der Waals surface area contributed by atoms with Crippen LogP contribution in [0.1, 0.15) is 63.4 Å². The second kappa shape index (κ2) is 7.96. The fraction of sp³-hybridized carbons (Fsp3) is 0.407. The Balaban J connectivity index is 1.45. The summed E-state index contributed by atoms with van der Waals surface area (Å²) in [5, 5.41) is 7.28. The molecule has 4 heterocycles. The highest BCUT2D eigenvalue weighted by atomic mass is 19.1. The maximum absolute atomic E-state index is 14.7. The van der Waals surface area contributed by atoms with Gasteiger partial charge in [0.25, 0.3) is 5.56 Å². The molecule has 1 aromatic carbocycles. The molecule has 3 aromatic heterocycles. The molecule has 0 spiro atoms. The van der Waals surface area contributed by atoms with E-state index in [0.29, 0.717) is 28.5 Å². The largest absolute Gasteiger partial charge is 0.324 e. The lowest BCUT2D eigenvalue weighted by atomic mass is 9.85. The zero-order valence-corrected chi connectivity index (χ0v) is 21.0. The van der Waals surface area contributed by atoms with Crippen molar-refractivity contribution in [2.45, 2.75) is 64.2 Å². The maximum Gasteiger partial charge on any atom is 0.278 e. The fourth-order valence-corrected chi connectivity index (χ4v) is 5.02. The van der Waals surface area contributed by atoms with Gasteiger partial charge in [0.15, 0.2) is 11.5 Å². The summed E-state index contributed by atoms with van der Waals surface area (Å²) in [7, 11) is 0. The van der Waals surface area contributed by atoms with Crippen LogP contribution in [0, 0.1) is 0 Å². The number of anilines is 2. The van der Waals surface area contributed by atoms with Crippen LogP contribution in [0.3, 0.4) is 0 Å². The molecule has 1 aliphatic carbocycles. The Labute approximate surface area is 208 Å². The molecule has 186 valence electrons. The highest BCUT2D eigenvalue weighted by Gasteiger charge is 2.32. The summed E-state index contributed by atoms with van der Waals surface area (Å²) < 4.78 is 18.1. The molecule has 6 rings (SSSR count). The van der Waals surface area contributed by atoms with Gasteiger partial charge >= 0.3 is 0 Å². The minimum absolute atomic E-state index is 0.0704. The van der Waals surface area contributed by atoms with E-state index < -0.39 is 5.67 Å². The third-order valence-corrected chi connectivity index (χ3v) is 7.07. The molecule has 1 fully saturated rings. The van der Waals surface area contributed by atoms with Crippen molar-refractivity contribution in [1.29, 1.82) is 0 Å². The molecular formula is C27H30FN7O. The Morgan fingerprint density at radius 2 is 1.97 bits per heavy atom. The maximum atomic E-state index is 14.7. The van der Waals surface area contributed by atoms with Gasteiger partial charge in [-0.05, 0) is 88.9 Å². The van der Waals surface area contributed by atoms with Crippen LogP contribution in [-0.4, -0.2) is 30.9 Å². The van der Waals surface area contributed by atoms with Gasteiger partial charge in [0.05, 0.1) is 11.7 Å². The molecular weight excluding hydrogens is 457 g/mol. The van der Waals surface area contributed by atoms with E-state index in [2.05, 4.69) is 46.6 Å². The second-order valence-electron chi connectivity index (χ2n) is 10.8. The van der Waals surface area contributed by atoms with Gasteiger partial charge < -0.3 is 10.6 Å². The fourth-order valence-electron chi connectivity index (χ4n) is 5.02. The standard InChI is InChI=1S/C27H30FN7O/c1-26(2,28)21-6-5-7-22(32-21)35-23-19(24(36)34(35)18-9-10-18)15-29-25(33-23)31-17-8-11-20-16(14-17)12-13-30-27(20,3)4/h5-8,11,14-15,18,30H,9-10,12-13H2,1-4H3,(H,29,31,33). The number of fused-ring (bicyclic) bond motifs is 2. The van der Waals surface area contributed by atoms with Crippen LogP contribution in [0.2, 0.25) is 0 Å². The van der Waals surface area contributed by atoms with Gasteiger partial charge in [0.1, 0.15) is 11.1 Å². The van der Waals surface area contributed by atoms with Crippen molar-refractivity contribution in [3.8, 4) is 5.82 Å².